The Morgan fingerprint density at radius 3 is 2.43 bits per heavy atom. The molecule has 1 aliphatic heterocycles. The summed E-state index contributed by atoms with van der Waals surface area (Å²) in [6, 6.07) is 11.6. The quantitative estimate of drug-likeness (QED) is 0.902. The van der Waals surface area contributed by atoms with Gasteiger partial charge in [0.25, 0.3) is 0 Å². The first-order valence-corrected chi connectivity index (χ1v) is 7.22. The van der Waals surface area contributed by atoms with Crippen molar-refractivity contribution in [2.24, 2.45) is 5.73 Å². The molecular weight excluding hydrogens is 307 g/mol. The molecule has 0 spiro atoms. The summed E-state index contributed by atoms with van der Waals surface area (Å²) >= 11 is 0. The van der Waals surface area contributed by atoms with Crippen LogP contribution in [0.25, 0.3) is 11.1 Å². The summed E-state index contributed by atoms with van der Waals surface area (Å²) in [6.07, 6.45) is -2.94. The molecule has 124 valence electrons. The fourth-order valence-electron chi connectivity index (χ4n) is 2.50. The number of alkyl halides is 3. The number of para-hydroxylation sites is 2. The molecule has 23 heavy (non-hydrogen) atoms. The molecule has 0 saturated carbocycles. The number of fused-ring (bicyclic) bond motifs is 1. The van der Waals surface area contributed by atoms with E-state index in [1.807, 2.05) is 12.1 Å². The second-order valence-electron chi connectivity index (χ2n) is 4.79. The molecule has 0 atom stereocenters. The van der Waals surface area contributed by atoms with E-state index in [-0.39, 0.29) is 5.75 Å². The van der Waals surface area contributed by atoms with E-state index in [1.165, 1.54) is 19.2 Å². The van der Waals surface area contributed by atoms with Crippen LogP contribution < -0.4 is 15.2 Å². The fourth-order valence-corrected chi connectivity index (χ4v) is 2.50. The van der Waals surface area contributed by atoms with Crippen LogP contribution in [0, 0.1) is 0 Å². The summed E-state index contributed by atoms with van der Waals surface area (Å²) in [6.45, 7) is 0.576. The zero-order valence-corrected chi connectivity index (χ0v) is 12.7. The molecule has 2 N–H and O–H groups in total. The van der Waals surface area contributed by atoms with Gasteiger partial charge in [0.1, 0.15) is 11.5 Å². The van der Waals surface area contributed by atoms with Crippen LogP contribution in [-0.4, -0.2) is 20.0 Å². The molecule has 0 bridgehead atoms. The number of nitrogens with two attached hydrogens (primary N) is 1. The standard InChI is InChI=1S/C16H13F3O2.CH5N/c17-16(18,19)21-14-9-2-1-7-12(14)13-8-3-5-11-6-4-10-20-15(11)13;1-2/h1-3,5,7-9H,4,6,10H2;2H2,1H3. The van der Waals surface area contributed by atoms with E-state index < -0.39 is 6.36 Å². The van der Waals surface area contributed by atoms with E-state index in [2.05, 4.69) is 10.5 Å². The first-order valence-electron chi connectivity index (χ1n) is 7.22. The highest BCUT2D eigenvalue weighted by molar-refractivity contribution is 5.77. The van der Waals surface area contributed by atoms with Gasteiger partial charge in [0.05, 0.1) is 6.61 Å². The van der Waals surface area contributed by atoms with Crippen LogP contribution in [0.2, 0.25) is 0 Å². The summed E-state index contributed by atoms with van der Waals surface area (Å²) in [4.78, 5) is 0. The second kappa shape index (κ2) is 7.37. The SMILES string of the molecule is CN.FC(F)(F)Oc1ccccc1-c1cccc2c1OCCC2. The molecule has 2 aromatic rings. The molecule has 0 amide bonds. The van der Waals surface area contributed by atoms with E-state index in [0.717, 1.165) is 18.4 Å². The lowest BCUT2D eigenvalue weighted by Crippen LogP contribution is -2.17. The minimum atomic E-state index is -4.72. The maximum absolute atomic E-state index is 12.5. The van der Waals surface area contributed by atoms with Crippen molar-refractivity contribution in [3.8, 4) is 22.6 Å². The number of hydrogen-bond donors (Lipinski definition) is 1. The smallest absolute Gasteiger partial charge is 0.493 e. The number of rotatable bonds is 2. The summed E-state index contributed by atoms with van der Waals surface area (Å²) in [5.41, 5.74) is 6.53. The van der Waals surface area contributed by atoms with Gasteiger partial charge < -0.3 is 15.2 Å². The highest BCUT2D eigenvalue weighted by atomic mass is 19.4. The first kappa shape index (κ1) is 17.1. The van der Waals surface area contributed by atoms with Crippen molar-refractivity contribution in [1.29, 1.82) is 0 Å². The van der Waals surface area contributed by atoms with Crippen LogP contribution in [-0.2, 0) is 6.42 Å². The molecular formula is C17H18F3NO2. The summed E-state index contributed by atoms with van der Waals surface area (Å²) in [7, 11) is 1.50. The Kier molecular flexibility index (Phi) is 5.50. The summed E-state index contributed by atoms with van der Waals surface area (Å²) in [5.74, 6) is 0.439. The molecule has 0 aliphatic carbocycles. The number of aryl methyl sites for hydroxylation is 1. The normalized spacial score (nSPS) is 13.3. The molecule has 3 rings (SSSR count). The van der Waals surface area contributed by atoms with Gasteiger partial charge >= 0.3 is 6.36 Å². The third-order valence-electron chi connectivity index (χ3n) is 3.34. The largest absolute Gasteiger partial charge is 0.573 e. The highest BCUT2D eigenvalue weighted by Gasteiger charge is 2.32. The monoisotopic (exact) mass is 325 g/mol. The van der Waals surface area contributed by atoms with Gasteiger partial charge in [-0.15, -0.1) is 13.2 Å². The summed E-state index contributed by atoms with van der Waals surface area (Å²) in [5, 5.41) is 0. The molecule has 1 heterocycles. The van der Waals surface area contributed by atoms with E-state index in [4.69, 9.17) is 4.74 Å². The Hall–Kier alpha value is -2.21. The van der Waals surface area contributed by atoms with Crippen LogP contribution in [0.5, 0.6) is 11.5 Å². The van der Waals surface area contributed by atoms with Crippen molar-refractivity contribution in [3.63, 3.8) is 0 Å². The van der Waals surface area contributed by atoms with Gasteiger partial charge in [-0.2, -0.15) is 0 Å². The lowest BCUT2D eigenvalue weighted by Gasteiger charge is -2.21. The Morgan fingerprint density at radius 1 is 1.00 bits per heavy atom. The van der Waals surface area contributed by atoms with Gasteiger partial charge in [-0.25, -0.2) is 0 Å². The van der Waals surface area contributed by atoms with Crippen molar-refractivity contribution in [2.45, 2.75) is 19.2 Å². The lowest BCUT2D eigenvalue weighted by atomic mass is 9.97. The molecule has 0 saturated heterocycles. The lowest BCUT2D eigenvalue weighted by molar-refractivity contribution is -0.274. The number of benzene rings is 2. The molecule has 3 nitrogen and oxygen atoms in total. The first-order chi connectivity index (χ1) is 11.0. The molecule has 0 fully saturated rings. The number of hydrogen-bond acceptors (Lipinski definition) is 3. The predicted octanol–water partition coefficient (Wildman–Crippen LogP) is 4.15. The number of ether oxygens (including phenoxy) is 2. The molecule has 1 aliphatic rings. The topological polar surface area (TPSA) is 44.5 Å². The minimum Gasteiger partial charge on any atom is -0.493 e. The van der Waals surface area contributed by atoms with Crippen molar-refractivity contribution in [1.82, 2.24) is 0 Å². The van der Waals surface area contributed by atoms with Crippen LogP contribution in [0.15, 0.2) is 42.5 Å². The van der Waals surface area contributed by atoms with Gasteiger partial charge in [0, 0.05) is 11.1 Å². The maximum atomic E-state index is 12.5. The van der Waals surface area contributed by atoms with Crippen molar-refractivity contribution >= 4 is 0 Å². The van der Waals surface area contributed by atoms with Gasteiger partial charge in [-0.05, 0) is 31.5 Å². The van der Waals surface area contributed by atoms with Crippen LogP contribution in [0.4, 0.5) is 13.2 Å². The van der Waals surface area contributed by atoms with Crippen LogP contribution >= 0.6 is 0 Å². The maximum Gasteiger partial charge on any atom is 0.573 e. The highest BCUT2D eigenvalue weighted by Crippen LogP contribution is 2.41. The van der Waals surface area contributed by atoms with Crippen molar-refractivity contribution in [3.05, 3.63) is 48.0 Å². The van der Waals surface area contributed by atoms with E-state index in [1.54, 1.807) is 18.2 Å². The van der Waals surface area contributed by atoms with Crippen LogP contribution in [0.1, 0.15) is 12.0 Å². The van der Waals surface area contributed by atoms with Gasteiger partial charge in [0.15, 0.2) is 0 Å². The Bertz CT molecular complexity index is 657. The molecule has 0 unspecified atom stereocenters. The van der Waals surface area contributed by atoms with E-state index in [0.29, 0.717) is 23.5 Å². The Labute approximate surface area is 132 Å². The minimum absolute atomic E-state index is 0.215. The molecule has 2 aromatic carbocycles. The molecule has 0 aromatic heterocycles. The average molecular weight is 325 g/mol. The zero-order chi connectivity index (χ0) is 16.9. The molecule has 0 radical (unpaired) electrons. The third-order valence-corrected chi connectivity index (χ3v) is 3.34. The van der Waals surface area contributed by atoms with Gasteiger partial charge in [-0.1, -0.05) is 36.4 Å². The third kappa shape index (κ3) is 4.16. The van der Waals surface area contributed by atoms with Crippen molar-refractivity contribution in [2.75, 3.05) is 13.7 Å². The average Bonchev–Trinajstić information content (AvgIpc) is 2.55. The zero-order valence-electron chi connectivity index (χ0n) is 12.7. The van der Waals surface area contributed by atoms with Crippen molar-refractivity contribution < 1.29 is 22.6 Å². The molecule has 6 heteroatoms. The fraction of sp³-hybridized carbons (Fsp3) is 0.294. The van der Waals surface area contributed by atoms with E-state index in [9.17, 15) is 13.2 Å². The van der Waals surface area contributed by atoms with Gasteiger partial charge in [0.2, 0.25) is 0 Å². The Balaban J connectivity index is 0.000000924. The second-order valence-corrected chi connectivity index (χ2v) is 4.79. The Morgan fingerprint density at radius 2 is 1.70 bits per heavy atom. The van der Waals surface area contributed by atoms with Crippen LogP contribution in [0.3, 0.4) is 0 Å². The van der Waals surface area contributed by atoms with Gasteiger partial charge in [-0.3, -0.25) is 0 Å². The van der Waals surface area contributed by atoms with E-state index >= 15 is 0 Å². The predicted molar refractivity (Wildman–Crippen MR) is 82.5 cm³/mol. The summed E-state index contributed by atoms with van der Waals surface area (Å²) < 4.78 is 47.3. The number of halogens is 3.